The number of rotatable bonds is 6. The third-order valence-electron chi connectivity index (χ3n) is 2.40. The summed E-state index contributed by atoms with van der Waals surface area (Å²) in [6.07, 6.45) is 1.86. The SMILES string of the molecule is CCCN(Cc1ccc(C=O)o1)C(C)C. The Bertz CT molecular complexity index is 304. The van der Waals surface area contributed by atoms with Gasteiger partial charge in [-0.1, -0.05) is 6.92 Å². The number of carbonyl (C=O) groups excluding carboxylic acids is 1. The highest BCUT2D eigenvalue weighted by Gasteiger charge is 2.11. The summed E-state index contributed by atoms with van der Waals surface area (Å²) in [5, 5.41) is 0. The van der Waals surface area contributed by atoms with E-state index in [1.54, 1.807) is 6.07 Å². The van der Waals surface area contributed by atoms with Gasteiger partial charge in [-0.05, 0) is 38.9 Å². The van der Waals surface area contributed by atoms with E-state index in [0.717, 1.165) is 31.6 Å². The van der Waals surface area contributed by atoms with Crippen LogP contribution >= 0.6 is 0 Å². The van der Waals surface area contributed by atoms with Crippen molar-refractivity contribution in [1.82, 2.24) is 4.90 Å². The fourth-order valence-corrected chi connectivity index (χ4v) is 1.55. The minimum atomic E-state index is 0.408. The summed E-state index contributed by atoms with van der Waals surface area (Å²) in [7, 11) is 0. The monoisotopic (exact) mass is 209 g/mol. The average Bonchev–Trinajstić information content (AvgIpc) is 2.65. The van der Waals surface area contributed by atoms with Crippen molar-refractivity contribution in [3.8, 4) is 0 Å². The molecule has 0 atom stereocenters. The maximum Gasteiger partial charge on any atom is 0.185 e. The first-order valence-electron chi connectivity index (χ1n) is 5.45. The van der Waals surface area contributed by atoms with E-state index in [9.17, 15) is 4.79 Å². The molecule has 0 aliphatic heterocycles. The van der Waals surface area contributed by atoms with Gasteiger partial charge in [-0.3, -0.25) is 9.69 Å². The van der Waals surface area contributed by atoms with E-state index < -0.39 is 0 Å². The lowest BCUT2D eigenvalue weighted by molar-refractivity contribution is 0.109. The number of nitrogens with zero attached hydrogens (tertiary/aromatic N) is 1. The van der Waals surface area contributed by atoms with Crippen LogP contribution in [0.1, 0.15) is 43.5 Å². The van der Waals surface area contributed by atoms with Crippen molar-refractivity contribution >= 4 is 6.29 Å². The van der Waals surface area contributed by atoms with Crippen LogP contribution in [0.25, 0.3) is 0 Å². The van der Waals surface area contributed by atoms with E-state index >= 15 is 0 Å². The molecule has 1 heterocycles. The Hall–Kier alpha value is -1.09. The van der Waals surface area contributed by atoms with Crippen molar-refractivity contribution in [2.24, 2.45) is 0 Å². The molecule has 0 aliphatic rings. The van der Waals surface area contributed by atoms with Gasteiger partial charge in [-0.15, -0.1) is 0 Å². The molecule has 0 fully saturated rings. The van der Waals surface area contributed by atoms with Gasteiger partial charge in [0.15, 0.2) is 12.0 Å². The first-order chi connectivity index (χ1) is 7.17. The zero-order chi connectivity index (χ0) is 11.3. The zero-order valence-electron chi connectivity index (χ0n) is 9.69. The second kappa shape index (κ2) is 5.71. The highest BCUT2D eigenvalue weighted by atomic mass is 16.3. The number of hydrogen-bond donors (Lipinski definition) is 0. The maximum atomic E-state index is 10.5. The summed E-state index contributed by atoms with van der Waals surface area (Å²) in [6, 6.07) is 4.08. The van der Waals surface area contributed by atoms with Crippen LogP contribution in [0.3, 0.4) is 0 Å². The van der Waals surface area contributed by atoms with Gasteiger partial charge in [0, 0.05) is 6.04 Å². The second-order valence-electron chi connectivity index (χ2n) is 3.99. The van der Waals surface area contributed by atoms with E-state index in [-0.39, 0.29) is 0 Å². The molecule has 0 aliphatic carbocycles. The Balaban J connectivity index is 2.60. The summed E-state index contributed by atoms with van der Waals surface area (Å²) in [6.45, 7) is 8.32. The van der Waals surface area contributed by atoms with E-state index in [4.69, 9.17) is 4.42 Å². The number of furan rings is 1. The Morgan fingerprint density at radius 2 is 2.20 bits per heavy atom. The van der Waals surface area contributed by atoms with E-state index in [0.29, 0.717) is 11.8 Å². The summed E-state index contributed by atoms with van der Waals surface area (Å²) in [5.41, 5.74) is 0. The molecule has 3 heteroatoms. The fourth-order valence-electron chi connectivity index (χ4n) is 1.55. The molecular weight excluding hydrogens is 190 g/mol. The van der Waals surface area contributed by atoms with Crippen molar-refractivity contribution in [2.75, 3.05) is 6.54 Å². The molecule has 0 amide bonds. The van der Waals surface area contributed by atoms with Crippen molar-refractivity contribution in [3.63, 3.8) is 0 Å². The van der Waals surface area contributed by atoms with E-state index in [1.807, 2.05) is 6.07 Å². The first kappa shape index (κ1) is 12.0. The molecule has 0 saturated carbocycles. The predicted molar refractivity (Wildman–Crippen MR) is 59.9 cm³/mol. The topological polar surface area (TPSA) is 33.5 Å². The summed E-state index contributed by atoms with van der Waals surface area (Å²) >= 11 is 0. The minimum absolute atomic E-state index is 0.408. The van der Waals surface area contributed by atoms with Crippen LogP contribution in [0.15, 0.2) is 16.5 Å². The zero-order valence-corrected chi connectivity index (χ0v) is 9.69. The van der Waals surface area contributed by atoms with Crippen LogP contribution < -0.4 is 0 Å². The van der Waals surface area contributed by atoms with Gasteiger partial charge < -0.3 is 4.42 Å². The second-order valence-corrected chi connectivity index (χ2v) is 3.99. The largest absolute Gasteiger partial charge is 0.457 e. The molecule has 0 spiro atoms. The first-order valence-corrected chi connectivity index (χ1v) is 5.45. The molecule has 84 valence electrons. The van der Waals surface area contributed by atoms with Crippen molar-refractivity contribution in [3.05, 3.63) is 23.7 Å². The number of carbonyl (C=O) groups is 1. The van der Waals surface area contributed by atoms with Crippen LogP contribution in [-0.2, 0) is 6.54 Å². The molecular formula is C12H19NO2. The average molecular weight is 209 g/mol. The smallest absolute Gasteiger partial charge is 0.185 e. The fraction of sp³-hybridized carbons (Fsp3) is 0.583. The lowest BCUT2D eigenvalue weighted by Crippen LogP contribution is -2.30. The van der Waals surface area contributed by atoms with E-state index in [1.165, 1.54) is 0 Å². The van der Waals surface area contributed by atoms with Crippen molar-refractivity contribution < 1.29 is 9.21 Å². The molecule has 0 aromatic carbocycles. The Morgan fingerprint density at radius 3 is 2.67 bits per heavy atom. The Morgan fingerprint density at radius 1 is 1.47 bits per heavy atom. The molecule has 1 rings (SSSR count). The van der Waals surface area contributed by atoms with Gasteiger partial charge >= 0.3 is 0 Å². The Kier molecular flexibility index (Phi) is 4.56. The summed E-state index contributed by atoms with van der Waals surface area (Å²) in [4.78, 5) is 12.8. The molecule has 0 saturated heterocycles. The molecule has 0 bridgehead atoms. The van der Waals surface area contributed by atoms with Crippen molar-refractivity contribution in [2.45, 2.75) is 39.8 Å². The van der Waals surface area contributed by atoms with Crippen LogP contribution in [-0.4, -0.2) is 23.8 Å². The van der Waals surface area contributed by atoms with Crippen LogP contribution in [0, 0.1) is 0 Å². The third-order valence-corrected chi connectivity index (χ3v) is 2.40. The van der Waals surface area contributed by atoms with Gasteiger partial charge in [0.2, 0.25) is 0 Å². The molecule has 0 radical (unpaired) electrons. The Labute approximate surface area is 91.1 Å². The van der Waals surface area contributed by atoms with E-state index in [2.05, 4.69) is 25.7 Å². The minimum Gasteiger partial charge on any atom is -0.457 e. The van der Waals surface area contributed by atoms with Gasteiger partial charge in [-0.2, -0.15) is 0 Å². The molecule has 0 N–H and O–H groups in total. The van der Waals surface area contributed by atoms with Gasteiger partial charge in [0.25, 0.3) is 0 Å². The highest BCUT2D eigenvalue weighted by molar-refractivity contribution is 5.70. The lowest BCUT2D eigenvalue weighted by Gasteiger charge is -2.24. The van der Waals surface area contributed by atoms with Gasteiger partial charge in [0.1, 0.15) is 5.76 Å². The maximum absolute atomic E-state index is 10.5. The normalized spacial score (nSPS) is 11.3. The molecule has 15 heavy (non-hydrogen) atoms. The van der Waals surface area contributed by atoms with Crippen LogP contribution in [0.2, 0.25) is 0 Å². The lowest BCUT2D eigenvalue weighted by atomic mass is 10.2. The van der Waals surface area contributed by atoms with Crippen molar-refractivity contribution in [1.29, 1.82) is 0 Å². The van der Waals surface area contributed by atoms with Crippen LogP contribution in [0.5, 0.6) is 0 Å². The van der Waals surface area contributed by atoms with Gasteiger partial charge in [0.05, 0.1) is 6.54 Å². The summed E-state index contributed by atoms with van der Waals surface area (Å²) in [5.74, 6) is 1.27. The highest BCUT2D eigenvalue weighted by Crippen LogP contribution is 2.11. The number of aldehydes is 1. The predicted octanol–water partition coefficient (Wildman–Crippen LogP) is 2.71. The third kappa shape index (κ3) is 3.51. The van der Waals surface area contributed by atoms with Crippen LogP contribution in [0.4, 0.5) is 0 Å². The summed E-state index contributed by atoms with van der Waals surface area (Å²) < 4.78 is 5.35. The quantitative estimate of drug-likeness (QED) is 0.675. The molecule has 1 aromatic heterocycles. The number of hydrogen-bond acceptors (Lipinski definition) is 3. The van der Waals surface area contributed by atoms with Gasteiger partial charge in [-0.25, -0.2) is 0 Å². The molecule has 0 unspecified atom stereocenters. The molecule has 1 aromatic rings. The standard InChI is InChI=1S/C12H19NO2/c1-4-7-13(10(2)3)8-11-5-6-12(9-14)15-11/h5-6,9-10H,4,7-8H2,1-3H3. The molecule has 3 nitrogen and oxygen atoms in total.